The lowest BCUT2D eigenvalue weighted by Crippen LogP contribution is -2.43. The van der Waals surface area contributed by atoms with E-state index in [1.165, 1.54) is 6.42 Å². The van der Waals surface area contributed by atoms with Gasteiger partial charge in [-0.05, 0) is 63.2 Å². The average Bonchev–Trinajstić information content (AvgIpc) is 2.91. The van der Waals surface area contributed by atoms with E-state index in [1.807, 2.05) is 50.4 Å². The third-order valence-electron chi connectivity index (χ3n) is 5.01. The van der Waals surface area contributed by atoms with Gasteiger partial charge in [0.15, 0.2) is 15.6 Å². The Hall–Kier alpha value is -0.210. The van der Waals surface area contributed by atoms with E-state index in [9.17, 15) is 8.42 Å². The molecule has 1 aromatic carbocycles. The summed E-state index contributed by atoms with van der Waals surface area (Å²) >= 11 is 3.89. The number of rotatable bonds is 6. The fraction of sp³-hybridized carbons (Fsp3) is 0.700. The zero-order valence-electron chi connectivity index (χ0n) is 16.5. The van der Waals surface area contributed by atoms with Gasteiger partial charge in [0.05, 0.1) is 20.8 Å². The molecule has 0 radical (unpaired) electrons. The maximum absolute atomic E-state index is 12.7. The van der Waals surface area contributed by atoms with E-state index in [0.29, 0.717) is 11.3 Å². The number of benzene rings is 1. The van der Waals surface area contributed by atoms with Gasteiger partial charge in [0.25, 0.3) is 0 Å². The molecule has 2 aliphatic rings. The third kappa shape index (κ3) is 5.24. The van der Waals surface area contributed by atoms with Crippen LogP contribution in [0.1, 0.15) is 40.5 Å². The molecule has 0 N–H and O–H groups in total. The standard InChI is InChI=1S/C20H30O4S3/c1-15(14-27(21,22)16-9-6-5-7-10-16)13-17-18(24-19(2,3)23-17)20(4)25-11-8-12-26-20/h5-7,9-10,15,17-18H,8,11-14H2,1-4H3/t15-,17+,18-/m1/s1. The molecule has 2 aliphatic heterocycles. The molecule has 0 aliphatic carbocycles. The summed E-state index contributed by atoms with van der Waals surface area (Å²) in [5.74, 6) is 1.75. The lowest BCUT2D eigenvalue weighted by Gasteiger charge is -2.39. The van der Waals surface area contributed by atoms with Gasteiger partial charge < -0.3 is 9.47 Å². The van der Waals surface area contributed by atoms with Crippen molar-refractivity contribution in [1.29, 1.82) is 0 Å². The van der Waals surface area contributed by atoms with E-state index in [2.05, 4.69) is 6.92 Å². The highest BCUT2D eigenvalue weighted by Crippen LogP contribution is 2.51. The van der Waals surface area contributed by atoms with Crippen molar-refractivity contribution in [2.24, 2.45) is 5.92 Å². The Bertz CT molecular complexity index is 727. The van der Waals surface area contributed by atoms with E-state index < -0.39 is 15.6 Å². The van der Waals surface area contributed by atoms with Crippen molar-refractivity contribution in [1.82, 2.24) is 0 Å². The lowest BCUT2D eigenvalue weighted by atomic mass is 10.00. The van der Waals surface area contributed by atoms with Crippen molar-refractivity contribution in [3.05, 3.63) is 30.3 Å². The minimum Gasteiger partial charge on any atom is -0.344 e. The van der Waals surface area contributed by atoms with Gasteiger partial charge in [-0.25, -0.2) is 8.42 Å². The summed E-state index contributed by atoms with van der Waals surface area (Å²) in [5, 5.41) is 0. The van der Waals surface area contributed by atoms with Crippen LogP contribution >= 0.6 is 23.5 Å². The van der Waals surface area contributed by atoms with E-state index in [4.69, 9.17) is 9.47 Å². The molecule has 0 spiro atoms. The Morgan fingerprint density at radius 1 is 1.11 bits per heavy atom. The Kier molecular flexibility index (Phi) is 6.58. The van der Waals surface area contributed by atoms with Crippen LogP contribution in [0.4, 0.5) is 0 Å². The molecule has 1 aromatic rings. The Balaban J connectivity index is 1.70. The first-order valence-corrected chi connectivity index (χ1v) is 13.1. The molecule has 0 bridgehead atoms. The third-order valence-corrected chi connectivity index (χ3v) is 10.3. The van der Waals surface area contributed by atoms with Crippen LogP contribution < -0.4 is 0 Å². The van der Waals surface area contributed by atoms with E-state index in [0.717, 1.165) is 11.5 Å². The maximum atomic E-state index is 12.7. The molecule has 0 unspecified atom stereocenters. The summed E-state index contributed by atoms with van der Waals surface area (Å²) in [6.07, 6.45) is 1.77. The number of thioether (sulfide) groups is 2. The first-order chi connectivity index (χ1) is 12.6. The molecule has 152 valence electrons. The summed E-state index contributed by atoms with van der Waals surface area (Å²) in [5.41, 5.74) is 0. The highest BCUT2D eigenvalue weighted by Gasteiger charge is 2.52. The highest BCUT2D eigenvalue weighted by molar-refractivity contribution is 8.18. The summed E-state index contributed by atoms with van der Waals surface area (Å²) < 4.78 is 37.9. The van der Waals surface area contributed by atoms with Crippen molar-refractivity contribution in [2.75, 3.05) is 17.3 Å². The van der Waals surface area contributed by atoms with Gasteiger partial charge in [0.1, 0.15) is 6.10 Å². The Morgan fingerprint density at radius 2 is 1.74 bits per heavy atom. The van der Waals surface area contributed by atoms with Gasteiger partial charge in [-0.15, -0.1) is 23.5 Å². The molecule has 0 amide bonds. The van der Waals surface area contributed by atoms with Crippen LogP contribution in [-0.4, -0.2) is 47.8 Å². The van der Waals surface area contributed by atoms with Crippen LogP contribution in [-0.2, 0) is 19.3 Å². The molecule has 3 atom stereocenters. The summed E-state index contributed by atoms with van der Waals surface area (Å²) in [4.78, 5) is 0.391. The number of hydrogen-bond donors (Lipinski definition) is 0. The lowest BCUT2D eigenvalue weighted by molar-refractivity contribution is -0.147. The highest BCUT2D eigenvalue weighted by atomic mass is 32.2. The van der Waals surface area contributed by atoms with Crippen molar-refractivity contribution < 1.29 is 17.9 Å². The van der Waals surface area contributed by atoms with Crippen LogP contribution in [0.5, 0.6) is 0 Å². The van der Waals surface area contributed by atoms with Crippen LogP contribution in [0, 0.1) is 5.92 Å². The molecule has 3 rings (SSSR count). The molecular formula is C20H30O4S3. The second-order valence-electron chi connectivity index (χ2n) is 8.10. The predicted octanol–water partition coefficient (Wildman–Crippen LogP) is 4.59. The molecule has 2 fully saturated rings. The fourth-order valence-corrected chi connectivity index (χ4v) is 8.61. The quantitative estimate of drug-likeness (QED) is 0.658. The molecule has 0 saturated carbocycles. The molecule has 2 saturated heterocycles. The summed E-state index contributed by atoms with van der Waals surface area (Å²) in [7, 11) is -3.29. The largest absolute Gasteiger partial charge is 0.344 e. The monoisotopic (exact) mass is 430 g/mol. The van der Waals surface area contributed by atoms with Gasteiger partial charge in [-0.3, -0.25) is 0 Å². The van der Waals surface area contributed by atoms with Crippen molar-refractivity contribution >= 4 is 33.4 Å². The van der Waals surface area contributed by atoms with Gasteiger partial charge in [0, 0.05) is 0 Å². The van der Waals surface area contributed by atoms with E-state index in [-0.39, 0.29) is 28.0 Å². The van der Waals surface area contributed by atoms with Crippen LogP contribution in [0.3, 0.4) is 0 Å². The van der Waals surface area contributed by atoms with Crippen molar-refractivity contribution in [3.63, 3.8) is 0 Å². The topological polar surface area (TPSA) is 52.6 Å². The summed E-state index contributed by atoms with van der Waals surface area (Å²) in [6, 6.07) is 8.70. The van der Waals surface area contributed by atoms with Gasteiger partial charge in [-0.2, -0.15) is 0 Å². The second kappa shape index (κ2) is 8.27. The first kappa shape index (κ1) is 21.5. The van der Waals surface area contributed by atoms with Crippen LogP contribution in [0.25, 0.3) is 0 Å². The smallest absolute Gasteiger partial charge is 0.178 e. The normalized spacial score (nSPS) is 28.7. The average molecular weight is 431 g/mol. The van der Waals surface area contributed by atoms with Crippen LogP contribution in [0.2, 0.25) is 0 Å². The molecular weight excluding hydrogens is 400 g/mol. The van der Waals surface area contributed by atoms with Crippen molar-refractivity contribution in [2.45, 2.75) is 67.5 Å². The summed E-state index contributed by atoms with van der Waals surface area (Å²) in [6.45, 7) is 8.14. The molecule has 27 heavy (non-hydrogen) atoms. The zero-order valence-corrected chi connectivity index (χ0v) is 19.0. The Morgan fingerprint density at radius 3 is 2.37 bits per heavy atom. The minimum absolute atomic E-state index is 0.0117. The van der Waals surface area contributed by atoms with Crippen LogP contribution in [0.15, 0.2) is 35.2 Å². The van der Waals surface area contributed by atoms with Gasteiger partial charge in [-0.1, -0.05) is 25.1 Å². The molecule has 0 aromatic heterocycles. The van der Waals surface area contributed by atoms with E-state index >= 15 is 0 Å². The fourth-order valence-electron chi connectivity index (χ4n) is 3.83. The number of ether oxygens (including phenoxy) is 2. The Labute approximate surface area is 172 Å². The van der Waals surface area contributed by atoms with E-state index in [1.54, 1.807) is 24.3 Å². The molecule has 4 nitrogen and oxygen atoms in total. The minimum atomic E-state index is -3.29. The van der Waals surface area contributed by atoms with Crippen molar-refractivity contribution in [3.8, 4) is 0 Å². The maximum Gasteiger partial charge on any atom is 0.178 e. The van der Waals surface area contributed by atoms with Gasteiger partial charge in [0.2, 0.25) is 0 Å². The number of hydrogen-bond acceptors (Lipinski definition) is 6. The molecule has 2 heterocycles. The first-order valence-electron chi connectivity index (χ1n) is 9.53. The SMILES string of the molecule is C[C@H](C[C@@H]1OC(C)(C)O[C@H]1C1(C)SCCCS1)CS(=O)(=O)c1ccccc1. The number of sulfone groups is 1. The predicted molar refractivity (Wildman–Crippen MR) is 114 cm³/mol. The van der Waals surface area contributed by atoms with Gasteiger partial charge >= 0.3 is 0 Å². The second-order valence-corrected chi connectivity index (χ2v) is 13.5. The molecule has 7 heteroatoms. The zero-order chi connectivity index (χ0) is 19.7.